The molecule has 0 heterocycles. The van der Waals surface area contributed by atoms with Gasteiger partial charge in [-0.3, -0.25) is 9.05 Å². The minimum atomic E-state index is -3.72. The number of para-hydroxylation sites is 1. The van der Waals surface area contributed by atoms with Crippen LogP contribution in [-0.4, -0.2) is 24.0 Å². The van der Waals surface area contributed by atoms with Crippen molar-refractivity contribution in [1.29, 1.82) is 0 Å². The van der Waals surface area contributed by atoms with Gasteiger partial charge in [0, 0.05) is 0 Å². The Balaban J connectivity index is 2.70. The van der Waals surface area contributed by atoms with Crippen LogP contribution < -0.4 is 4.52 Å². The number of alkyl halides is 2. The van der Waals surface area contributed by atoms with Gasteiger partial charge in [0.15, 0.2) is 0 Å². The Morgan fingerprint density at radius 3 is 1.95 bits per heavy atom. The SMILES string of the molecule is CC(Cl)COP(=O)(OCC(C)Cl)Oc1ccccc1. The highest BCUT2D eigenvalue weighted by Crippen LogP contribution is 2.49. The molecule has 0 radical (unpaired) electrons. The van der Waals surface area contributed by atoms with Crippen molar-refractivity contribution in [3.8, 4) is 5.75 Å². The highest BCUT2D eigenvalue weighted by molar-refractivity contribution is 7.48. The third-order valence-electron chi connectivity index (χ3n) is 1.89. The molecule has 0 fully saturated rings. The molecule has 19 heavy (non-hydrogen) atoms. The lowest BCUT2D eigenvalue weighted by molar-refractivity contribution is 0.157. The largest absolute Gasteiger partial charge is 0.530 e. The zero-order chi connectivity index (χ0) is 14.3. The van der Waals surface area contributed by atoms with E-state index in [0.717, 1.165) is 0 Å². The Hall–Kier alpha value is -0.250. The lowest BCUT2D eigenvalue weighted by atomic mass is 10.3. The fourth-order valence-electron chi connectivity index (χ4n) is 1.09. The number of hydrogen-bond acceptors (Lipinski definition) is 4. The first kappa shape index (κ1) is 16.8. The number of benzene rings is 1. The summed E-state index contributed by atoms with van der Waals surface area (Å²) in [5, 5.41) is -0.602. The van der Waals surface area contributed by atoms with E-state index in [0.29, 0.717) is 5.75 Å². The van der Waals surface area contributed by atoms with E-state index in [9.17, 15) is 4.57 Å². The smallest absolute Gasteiger partial charge is 0.404 e. The second-order valence-corrected chi connectivity index (χ2v) is 7.09. The summed E-state index contributed by atoms with van der Waals surface area (Å²) in [6.07, 6.45) is 0. The second-order valence-electron chi connectivity index (χ2n) is 4.00. The van der Waals surface area contributed by atoms with E-state index in [4.69, 9.17) is 36.8 Å². The first-order chi connectivity index (χ1) is 8.91. The average Bonchev–Trinajstić information content (AvgIpc) is 2.36. The number of hydrogen-bond donors (Lipinski definition) is 0. The highest BCUT2D eigenvalue weighted by atomic mass is 35.5. The standard InChI is InChI=1S/C12H17Cl2O4P/c1-10(13)8-16-19(15,17-9-11(2)14)18-12-6-4-3-5-7-12/h3-7,10-11H,8-9H2,1-2H3. The van der Waals surface area contributed by atoms with E-state index in [1.165, 1.54) is 0 Å². The topological polar surface area (TPSA) is 44.8 Å². The normalized spacial score (nSPS) is 17.5. The molecular weight excluding hydrogens is 310 g/mol. The molecule has 2 atom stereocenters. The molecule has 0 aliphatic heterocycles. The maximum Gasteiger partial charge on any atom is 0.530 e. The Labute approximate surface area is 123 Å². The summed E-state index contributed by atoms with van der Waals surface area (Å²) in [6.45, 7) is 3.56. The Bertz CT molecular complexity index is 395. The molecule has 0 spiro atoms. The summed E-state index contributed by atoms with van der Waals surface area (Å²) in [6, 6.07) is 8.66. The van der Waals surface area contributed by atoms with Crippen LogP contribution in [0.4, 0.5) is 0 Å². The molecule has 7 heteroatoms. The molecule has 0 bridgehead atoms. The summed E-state index contributed by atoms with van der Waals surface area (Å²) in [5.41, 5.74) is 0. The minimum absolute atomic E-state index is 0.0579. The third kappa shape index (κ3) is 7.19. The van der Waals surface area contributed by atoms with E-state index < -0.39 is 7.82 Å². The minimum Gasteiger partial charge on any atom is -0.404 e. The fraction of sp³-hybridized carbons (Fsp3) is 0.500. The van der Waals surface area contributed by atoms with Crippen molar-refractivity contribution in [3.05, 3.63) is 30.3 Å². The van der Waals surface area contributed by atoms with Gasteiger partial charge in [0.1, 0.15) is 5.75 Å². The predicted octanol–water partition coefficient (Wildman–Crippen LogP) is 4.46. The molecule has 1 rings (SSSR count). The van der Waals surface area contributed by atoms with Crippen LogP contribution in [-0.2, 0) is 13.6 Å². The molecule has 0 saturated heterocycles. The molecule has 1 aromatic rings. The van der Waals surface area contributed by atoms with Crippen LogP contribution in [0.5, 0.6) is 5.75 Å². The molecule has 2 unspecified atom stereocenters. The number of rotatable bonds is 8. The number of phosphoric acid groups is 1. The van der Waals surface area contributed by atoms with Crippen LogP contribution in [0.15, 0.2) is 30.3 Å². The van der Waals surface area contributed by atoms with Gasteiger partial charge in [0.05, 0.1) is 24.0 Å². The lowest BCUT2D eigenvalue weighted by Crippen LogP contribution is -2.12. The molecule has 0 saturated carbocycles. The van der Waals surface area contributed by atoms with Crippen LogP contribution in [0, 0.1) is 0 Å². The van der Waals surface area contributed by atoms with Gasteiger partial charge in [-0.1, -0.05) is 18.2 Å². The van der Waals surface area contributed by atoms with Crippen molar-refractivity contribution in [2.75, 3.05) is 13.2 Å². The van der Waals surface area contributed by atoms with Gasteiger partial charge >= 0.3 is 7.82 Å². The second kappa shape index (κ2) is 8.13. The van der Waals surface area contributed by atoms with Crippen molar-refractivity contribution in [3.63, 3.8) is 0 Å². The van der Waals surface area contributed by atoms with Crippen LogP contribution in [0.1, 0.15) is 13.8 Å². The van der Waals surface area contributed by atoms with Crippen molar-refractivity contribution < 1.29 is 18.1 Å². The average molecular weight is 327 g/mol. The molecule has 0 aliphatic carbocycles. The van der Waals surface area contributed by atoms with E-state index in [-0.39, 0.29) is 24.0 Å². The molecule has 0 amide bonds. The summed E-state index contributed by atoms with van der Waals surface area (Å²) < 4.78 is 28.0. The molecular formula is C12H17Cl2O4P. The van der Waals surface area contributed by atoms with Gasteiger partial charge in [-0.2, -0.15) is 0 Å². The van der Waals surface area contributed by atoms with E-state index in [1.54, 1.807) is 38.1 Å². The van der Waals surface area contributed by atoms with Gasteiger partial charge in [-0.15, -0.1) is 23.2 Å². The summed E-state index contributed by atoms with van der Waals surface area (Å²) in [4.78, 5) is 0. The van der Waals surface area contributed by atoms with Gasteiger partial charge in [-0.25, -0.2) is 4.57 Å². The zero-order valence-electron chi connectivity index (χ0n) is 10.8. The van der Waals surface area contributed by atoms with Crippen molar-refractivity contribution in [2.24, 2.45) is 0 Å². The maximum atomic E-state index is 12.4. The van der Waals surface area contributed by atoms with Crippen molar-refractivity contribution in [1.82, 2.24) is 0 Å². The third-order valence-corrected chi connectivity index (χ3v) is 3.50. The number of phosphoric ester groups is 1. The quantitative estimate of drug-likeness (QED) is 0.522. The number of halogens is 2. The van der Waals surface area contributed by atoms with E-state index >= 15 is 0 Å². The molecule has 108 valence electrons. The summed E-state index contributed by atoms with van der Waals surface area (Å²) >= 11 is 11.5. The first-order valence-electron chi connectivity index (χ1n) is 5.83. The van der Waals surface area contributed by atoms with Crippen LogP contribution in [0.3, 0.4) is 0 Å². The van der Waals surface area contributed by atoms with Gasteiger partial charge < -0.3 is 4.52 Å². The Morgan fingerprint density at radius 2 is 1.53 bits per heavy atom. The highest BCUT2D eigenvalue weighted by Gasteiger charge is 2.29. The van der Waals surface area contributed by atoms with Crippen LogP contribution in [0.2, 0.25) is 0 Å². The van der Waals surface area contributed by atoms with E-state index in [2.05, 4.69) is 0 Å². The van der Waals surface area contributed by atoms with E-state index in [1.807, 2.05) is 6.07 Å². The van der Waals surface area contributed by atoms with Crippen LogP contribution in [0.25, 0.3) is 0 Å². The molecule has 1 aromatic carbocycles. The monoisotopic (exact) mass is 326 g/mol. The maximum absolute atomic E-state index is 12.4. The van der Waals surface area contributed by atoms with Gasteiger partial charge in [0.25, 0.3) is 0 Å². The molecule has 4 nitrogen and oxygen atoms in total. The first-order valence-corrected chi connectivity index (χ1v) is 8.16. The summed E-state index contributed by atoms with van der Waals surface area (Å²) in [5.74, 6) is 0.398. The Kier molecular flexibility index (Phi) is 7.19. The molecule has 0 N–H and O–H groups in total. The molecule has 0 aliphatic rings. The van der Waals surface area contributed by atoms with Crippen molar-refractivity contribution in [2.45, 2.75) is 24.6 Å². The zero-order valence-corrected chi connectivity index (χ0v) is 13.2. The molecule has 0 aromatic heterocycles. The van der Waals surface area contributed by atoms with Gasteiger partial charge in [0.2, 0.25) is 0 Å². The van der Waals surface area contributed by atoms with Crippen molar-refractivity contribution >= 4 is 31.0 Å². The fourth-order valence-corrected chi connectivity index (χ4v) is 2.76. The van der Waals surface area contributed by atoms with Gasteiger partial charge in [-0.05, 0) is 26.0 Å². The Morgan fingerprint density at radius 1 is 1.05 bits per heavy atom. The predicted molar refractivity (Wildman–Crippen MR) is 77.2 cm³/mol. The lowest BCUT2D eigenvalue weighted by Gasteiger charge is -2.19. The summed E-state index contributed by atoms with van der Waals surface area (Å²) in [7, 11) is -3.72. The van der Waals surface area contributed by atoms with Crippen LogP contribution >= 0.6 is 31.0 Å².